The molecule has 0 radical (unpaired) electrons. The number of nitrogens with zero attached hydrogens (tertiary/aromatic N) is 2. The Balaban J connectivity index is 1.32. The van der Waals surface area contributed by atoms with E-state index in [0.717, 1.165) is 11.3 Å². The number of allylic oxidation sites excluding steroid dienone is 2. The Morgan fingerprint density at radius 3 is 2.09 bits per heavy atom. The number of nitrogens with one attached hydrogen (secondary N) is 1. The second-order valence-electron chi connectivity index (χ2n) is 7.96. The van der Waals surface area contributed by atoms with Crippen molar-refractivity contribution in [2.24, 2.45) is 10.2 Å². The van der Waals surface area contributed by atoms with Crippen molar-refractivity contribution in [2.75, 3.05) is 5.48 Å². The largest absolute Gasteiger partial charge is 0.505 e. The van der Waals surface area contributed by atoms with Gasteiger partial charge in [-0.05, 0) is 48.4 Å². The minimum Gasteiger partial charge on any atom is -0.505 e. The van der Waals surface area contributed by atoms with Crippen molar-refractivity contribution in [3.63, 3.8) is 0 Å². The minimum absolute atomic E-state index is 0.0472. The van der Waals surface area contributed by atoms with Gasteiger partial charge < -0.3 is 5.11 Å². The summed E-state index contributed by atoms with van der Waals surface area (Å²) in [6.07, 6.45) is 8.13. The summed E-state index contributed by atoms with van der Waals surface area (Å²) in [5.41, 5.74) is 8.87. The van der Waals surface area contributed by atoms with Crippen LogP contribution in [0.4, 0.5) is 17.1 Å². The molecule has 0 aromatic heterocycles. The van der Waals surface area contributed by atoms with Gasteiger partial charge in [0.2, 0.25) is 0 Å². The molecule has 5 heteroatoms. The lowest BCUT2D eigenvalue weighted by Gasteiger charge is -2.09. The summed E-state index contributed by atoms with van der Waals surface area (Å²) >= 11 is 0. The molecule has 174 valence electrons. The van der Waals surface area contributed by atoms with Crippen molar-refractivity contribution in [1.29, 1.82) is 0 Å². The number of para-hydroxylation sites is 2. The highest BCUT2D eigenvalue weighted by Gasteiger charge is 2.07. The summed E-state index contributed by atoms with van der Waals surface area (Å²) < 4.78 is 0. The maximum Gasteiger partial charge on any atom is 0.148 e. The zero-order valence-corrected chi connectivity index (χ0v) is 19.5. The Hall–Kier alpha value is -4.48. The first-order chi connectivity index (χ1) is 17.2. The number of rotatable bonds is 9. The number of azo groups is 1. The number of hydrogen-bond donors (Lipinski definition) is 2. The molecule has 0 heterocycles. The van der Waals surface area contributed by atoms with Gasteiger partial charge in [0.25, 0.3) is 0 Å². The molecule has 0 aliphatic carbocycles. The van der Waals surface area contributed by atoms with E-state index in [1.54, 1.807) is 12.1 Å². The van der Waals surface area contributed by atoms with Crippen LogP contribution in [0.5, 0.6) is 5.75 Å². The molecule has 0 atom stereocenters. The van der Waals surface area contributed by atoms with Gasteiger partial charge >= 0.3 is 0 Å². The van der Waals surface area contributed by atoms with Gasteiger partial charge in [0.1, 0.15) is 18.0 Å². The first-order valence-electron chi connectivity index (χ1n) is 11.3. The first-order valence-corrected chi connectivity index (χ1v) is 11.3. The van der Waals surface area contributed by atoms with E-state index in [1.807, 2.05) is 78.9 Å². The van der Waals surface area contributed by atoms with E-state index in [0.29, 0.717) is 16.9 Å². The van der Waals surface area contributed by atoms with E-state index < -0.39 is 0 Å². The van der Waals surface area contributed by atoms with Crippen molar-refractivity contribution in [3.05, 3.63) is 131 Å². The predicted molar refractivity (Wildman–Crippen MR) is 143 cm³/mol. The average molecular weight is 462 g/mol. The van der Waals surface area contributed by atoms with Gasteiger partial charge in [-0.15, -0.1) is 5.11 Å². The topological polar surface area (TPSA) is 66.2 Å². The molecule has 0 saturated heterocycles. The molecule has 5 nitrogen and oxygen atoms in total. The first kappa shape index (κ1) is 23.7. The zero-order chi connectivity index (χ0) is 24.3. The van der Waals surface area contributed by atoms with Crippen LogP contribution in [0.2, 0.25) is 0 Å². The van der Waals surface area contributed by atoms with Crippen molar-refractivity contribution in [1.82, 2.24) is 0 Å². The van der Waals surface area contributed by atoms with Crippen LogP contribution in [0.15, 0.2) is 119 Å². The minimum atomic E-state index is 0.0472. The fourth-order valence-corrected chi connectivity index (χ4v) is 3.25. The molecule has 0 aliphatic rings. The lowest BCUT2D eigenvalue weighted by atomic mass is 10.1. The second-order valence-corrected chi connectivity index (χ2v) is 7.96. The molecule has 0 aliphatic heterocycles. The third kappa shape index (κ3) is 7.25. The molecule has 4 aromatic carbocycles. The van der Waals surface area contributed by atoms with Crippen LogP contribution in [0.3, 0.4) is 0 Å². The SMILES string of the molecule is Cc1ccc(C=CC=Cc2ccc(N=Nc3cccc(CONc4ccccc4)c3O)cc2)cc1. The summed E-state index contributed by atoms with van der Waals surface area (Å²) in [6.45, 7) is 2.26. The fraction of sp³-hybridized carbons (Fsp3) is 0.0667. The molecule has 0 fully saturated rings. The molecule has 0 amide bonds. The number of phenols is 1. The summed E-state index contributed by atoms with van der Waals surface area (Å²) in [5, 5.41) is 19.0. The number of benzene rings is 4. The molecular weight excluding hydrogens is 434 g/mol. The van der Waals surface area contributed by atoms with Gasteiger partial charge in [-0.3, -0.25) is 10.3 Å². The summed E-state index contributed by atoms with van der Waals surface area (Å²) in [6, 6.07) is 31.0. The lowest BCUT2D eigenvalue weighted by Crippen LogP contribution is -2.01. The molecule has 4 rings (SSSR count). The van der Waals surface area contributed by atoms with Crippen LogP contribution in [0.1, 0.15) is 22.3 Å². The zero-order valence-electron chi connectivity index (χ0n) is 19.5. The lowest BCUT2D eigenvalue weighted by molar-refractivity contribution is 0.177. The maximum atomic E-state index is 10.5. The third-order valence-electron chi connectivity index (χ3n) is 5.22. The van der Waals surface area contributed by atoms with Crippen LogP contribution >= 0.6 is 0 Å². The molecule has 4 aromatic rings. The van der Waals surface area contributed by atoms with Gasteiger partial charge in [0.15, 0.2) is 0 Å². The van der Waals surface area contributed by atoms with Crippen LogP contribution < -0.4 is 5.48 Å². The Kier molecular flexibility index (Phi) is 8.19. The van der Waals surface area contributed by atoms with Crippen LogP contribution in [0.25, 0.3) is 12.2 Å². The number of hydrogen-bond acceptors (Lipinski definition) is 5. The Morgan fingerprint density at radius 1 is 0.743 bits per heavy atom. The number of phenolic OH excluding ortho intramolecular Hbond substituents is 1. The number of aryl methyl sites for hydroxylation is 1. The molecule has 0 spiro atoms. The number of anilines is 1. The molecule has 0 saturated carbocycles. The van der Waals surface area contributed by atoms with Gasteiger partial charge in [0, 0.05) is 5.56 Å². The van der Waals surface area contributed by atoms with E-state index >= 15 is 0 Å². The monoisotopic (exact) mass is 461 g/mol. The highest BCUT2D eigenvalue weighted by molar-refractivity contribution is 5.59. The van der Waals surface area contributed by atoms with Gasteiger partial charge in [-0.2, -0.15) is 5.11 Å². The van der Waals surface area contributed by atoms with E-state index in [1.165, 1.54) is 11.1 Å². The van der Waals surface area contributed by atoms with E-state index in [2.05, 4.69) is 53.0 Å². The number of aromatic hydroxyl groups is 1. The van der Waals surface area contributed by atoms with Crippen LogP contribution in [-0.2, 0) is 11.4 Å². The standard InChI is InChI=1S/C30H27N3O2/c1-23-14-16-24(17-15-23)8-5-6-9-25-18-20-27(21-19-25)31-32-29-13-7-10-26(30(29)34)22-35-33-28-11-3-2-4-12-28/h2-21,33-34H,22H2,1H3. The van der Waals surface area contributed by atoms with Crippen molar-refractivity contribution in [3.8, 4) is 5.75 Å². The maximum absolute atomic E-state index is 10.5. The highest BCUT2D eigenvalue weighted by Crippen LogP contribution is 2.32. The smallest absolute Gasteiger partial charge is 0.148 e. The molecule has 35 heavy (non-hydrogen) atoms. The van der Waals surface area contributed by atoms with E-state index in [-0.39, 0.29) is 12.4 Å². The summed E-state index contributed by atoms with van der Waals surface area (Å²) in [7, 11) is 0. The Morgan fingerprint density at radius 2 is 1.40 bits per heavy atom. The van der Waals surface area contributed by atoms with Gasteiger partial charge in [-0.25, -0.2) is 0 Å². The van der Waals surface area contributed by atoms with Crippen LogP contribution in [-0.4, -0.2) is 5.11 Å². The van der Waals surface area contributed by atoms with Crippen molar-refractivity contribution >= 4 is 29.2 Å². The molecule has 0 unspecified atom stereocenters. The Labute approximate surface area is 205 Å². The summed E-state index contributed by atoms with van der Waals surface area (Å²) in [5.74, 6) is 0.0472. The third-order valence-corrected chi connectivity index (χ3v) is 5.22. The fourth-order valence-electron chi connectivity index (χ4n) is 3.25. The average Bonchev–Trinajstić information content (AvgIpc) is 2.89. The highest BCUT2D eigenvalue weighted by atomic mass is 16.6. The molecule has 0 bridgehead atoms. The van der Waals surface area contributed by atoms with E-state index in [9.17, 15) is 5.11 Å². The van der Waals surface area contributed by atoms with Crippen molar-refractivity contribution < 1.29 is 9.94 Å². The second kappa shape index (κ2) is 12.1. The normalized spacial score (nSPS) is 11.6. The molecule has 2 N–H and O–H groups in total. The van der Waals surface area contributed by atoms with Crippen molar-refractivity contribution in [2.45, 2.75) is 13.5 Å². The van der Waals surface area contributed by atoms with Gasteiger partial charge in [0.05, 0.1) is 11.4 Å². The quantitative estimate of drug-likeness (QED) is 0.149. The summed E-state index contributed by atoms with van der Waals surface area (Å²) in [4.78, 5) is 5.49. The molecular formula is C30H27N3O2. The van der Waals surface area contributed by atoms with Crippen LogP contribution in [0, 0.1) is 6.92 Å². The van der Waals surface area contributed by atoms with Gasteiger partial charge in [-0.1, -0.05) is 96.6 Å². The predicted octanol–water partition coefficient (Wildman–Crippen LogP) is 8.39. The Bertz CT molecular complexity index is 1310. The van der Waals surface area contributed by atoms with E-state index in [4.69, 9.17) is 4.84 Å².